The molecule has 0 radical (unpaired) electrons. The molecule has 0 spiro atoms. The SMILES string of the molecule is CC1=CC(C)N(C)C(C)N1C. The second kappa shape index (κ2) is 2.86. The third-order valence-electron chi connectivity index (χ3n) is 2.83. The Labute approximate surface area is 69.5 Å². The minimum Gasteiger partial charge on any atom is -0.363 e. The van der Waals surface area contributed by atoms with Crippen molar-refractivity contribution in [1.82, 2.24) is 9.80 Å². The van der Waals surface area contributed by atoms with E-state index in [1.54, 1.807) is 0 Å². The van der Waals surface area contributed by atoms with E-state index in [4.69, 9.17) is 0 Å². The molecule has 0 aromatic carbocycles. The van der Waals surface area contributed by atoms with Gasteiger partial charge < -0.3 is 4.90 Å². The highest BCUT2D eigenvalue weighted by Gasteiger charge is 2.23. The zero-order valence-electron chi connectivity index (χ0n) is 8.13. The maximum absolute atomic E-state index is 2.35. The first-order valence-corrected chi connectivity index (χ1v) is 4.17. The molecule has 2 unspecified atom stereocenters. The van der Waals surface area contributed by atoms with Gasteiger partial charge in [-0.1, -0.05) is 0 Å². The molecule has 0 aromatic heterocycles. The van der Waals surface area contributed by atoms with Crippen molar-refractivity contribution in [3.63, 3.8) is 0 Å². The van der Waals surface area contributed by atoms with Crippen molar-refractivity contribution in [2.45, 2.75) is 33.0 Å². The molecule has 1 aliphatic rings. The molecule has 0 fully saturated rings. The lowest BCUT2D eigenvalue weighted by molar-refractivity contribution is 0.0881. The Kier molecular flexibility index (Phi) is 2.23. The van der Waals surface area contributed by atoms with E-state index in [9.17, 15) is 0 Å². The predicted octanol–water partition coefficient (Wildman–Crippen LogP) is 1.50. The lowest BCUT2D eigenvalue weighted by atomic mass is 10.1. The Morgan fingerprint density at radius 3 is 2.36 bits per heavy atom. The molecule has 2 nitrogen and oxygen atoms in total. The van der Waals surface area contributed by atoms with Crippen LogP contribution in [0.4, 0.5) is 0 Å². The van der Waals surface area contributed by atoms with E-state index in [1.807, 2.05) is 0 Å². The van der Waals surface area contributed by atoms with E-state index in [0.29, 0.717) is 12.2 Å². The van der Waals surface area contributed by atoms with Crippen molar-refractivity contribution in [3.05, 3.63) is 11.8 Å². The lowest BCUT2D eigenvalue weighted by Gasteiger charge is -2.41. The first-order chi connectivity index (χ1) is 5.04. The molecule has 1 rings (SSSR count). The zero-order valence-corrected chi connectivity index (χ0v) is 8.13. The molecule has 0 saturated heterocycles. The summed E-state index contributed by atoms with van der Waals surface area (Å²) < 4.78 is 0. The summed E-state index contributed by atoms with van der Waals surface area (Å²) in [6, 6.07) is 0.571. The summed E-state index contributed by atoms with van der Waals surface area (Å²) >= 11 is 0. The second-order valence-corrected chi connectivity index (χ2v) is 3.46. The molecule has 0 aromatic rings. The standard InChI is InChI=1S/C9H18N2/c1-7-6-8(2)11(5)9(3)10(7)4/h6-7,9H,1-5H3. The average Bonchev–Trinajstić information content (AvgIpc) is 1.97. The van der Waals surface area contributed by atoms with Gasteiger partial charge in [0.1, 0.15) is 0 Å². The summed E-state index contributed by atoms with van der Waals surface area (Å²) in [5.41, 5.74) is 1.38. The topological polar surface area (TPSA) is 6.48 Å². The van der Waals surface area contributed by atoms with Crippen molar-refractivity contribution in [3.8, 4) is 0 Å². The molecule has 0 N–H and O–H groups in total. The smallest absolute Gasteiger partial charge is 0.0787 e. The van der Waals surface area contributed by atoms with E-state index < -0.39 is 0 Å². The zero-order chi connectivity index (χ0) is 8.59. The number of hydrogen-bond acceptors (Lipinski definition) is 2. The molecule has 64 valence electrons. The van der Waals surface area contributed by atoms with Crippen LogP contribution in [0, 0.1) is 0 Å². The van der Waals surface area contributed by atoms with Gasteiger partial charge in [-0.3, -0.25) is 4.90 Å². The second-order valence-electron chi connectivity index (χ2n) is 3.46. The summed E-state index contributed by atoms with van der Waals surface area (Å²) in [4.78, 5) is 4.65. The largest absolute Gasteiger partial charge is 0.363 e. The lowest BCUT2D eigenvalue weighted by Crippen LogP contribution is -2.48. The van der Waals surface area contributed by atoms with Crippen LogP contribution in [0.1, 0.15) is 20.8 Å². The molecular formula is C9H18N2. The van der Waals surface area contributed by atoms with Crippen LogP contribution in [-0.4, -0.2) is 36.1 Å². The fourth-order valence-electron chi connectivity index (χ4n) is 1.49. The molecule has 0 saturated carbocycles. The summed E-state index contributed by atoms with van der Waals surface area (Å²) in [5.74, 6) is 0. The maximum atomic E-state index is 2.35. The van der Waals surface area contributed by atoms with E-state index in [0.717, 1.165) is 0 Å². The van der Waals surface area contributed by atoms with Gasteiger partial charge in [0.2, 0.25) is 0 Å². The van der Waals surface area contributed by atoms with Gasteiger partial charge >= 0.3 is 0 Å². The Balaban J connectivity index is 2.83. The van der Waals surface area contributed by atoms with E-state index in [-0.39, 0.29) is 0 Å². The highest BCUT2D eigenvalue weighted by molar-refractivity contribution is 5.07. The molecule has 2 atom stereocenters. The third kappa shape index (κ3) is 1.41. The predicted molar refractivity (Wildman–Crippen MR) is 48.2 cm³/mol. The Bertz CT molecular complexity index is 174. The molecule has 11 heavy (non-hydrogen) atoms. The number of nitrogens with zero attached hydrogens (tertiary/aromatic N) is 2. The highest BCUT2D eigenvalue weighted by atomic mass is 15.4. The van der Waals surface area contributed by atoms with Crippen molar-refractivity contribution < 1.29 is 0 Å². The molecule has 1 heterocycles. The van der Waals surface area contributed by atoms with Crippen LogP contribution in [0.2, 0.25) is 0 Å². The monoisotopic (exact) mass is 154 g/mol. The van der Waals surface area contributed by atoms with Crippen molar-refractivity contribution in [2.75, 3.05) is 14.1 Å². The molecule has 0 aliphatic carbocycles. The molecule has 1 aliphatic heterocycles. The van der Waals surface area contributed by atoms with E-state index >= 15 is 0 Å². The molecular weight excluding hydrogens is 136 g/mol. The van der Waals surface area contributed by atoms with Crippen LogP contribution in [-0.2, 0) is 0 Å². The third-order valence-corrected chi connectivity index (χ3v) is 2.83. The summed E-state index contributed by atoms with van der Waals surface area (Å²) in [6.45, 7) is 6.62. The minimum absolute atomic E-state index is 0.523. The van der Waals surface area contributed by atoms with Crippen molar-refractivity contribution in [1.29, 1.82) is 0 Å². The van der Waals surface area contributed by atoms with E-state index in [1.165, 1.54) is 5.70 Å². The van der Waals surface area contributed by atoms with Crippen LogP contribution in [0.25, 0.3) is 0 Å². The van der Waals surface area contributed by atoms with Crippen LogP contribution in [0.5, 0.6) is 0 Å². The highest BCUT2D eigenvalue weighted by Crippen LogP contribution is 2.18. The number of hydrogen-bond donors (Lipinski definition) is 0. The molecule has 0 bridgehead atoms. The van der Waals surface area contributed by atoms with Crippen LogP contribution >= 0.6 is 0 Å². The Morgan fingerprint density at radius 2 is 1.82 bits per heavy atom. The van der Waals surface area contributed by atoms with Crippen molar-refractivity contribution >= 4 is 0 Å². The maximum Gasteiger partial charge on any atom is 0.0787 e. The summed E-state index contributed by atoms with van der Waals surface area (Å²) in [6.07, 6.45) is 2.81. The first kappa shape index (κ1) is 8.60. The minimum atomic E-state index is 0.523. The van der Waals surface area contributed by atoms with Gasteiger partial charge in [-0.2, -0.15) is 0 Å². The van der Waals surface area contributed by atoms with Gasteiger partial charge in [0.25, 0.3) is 0 Å². The van der Waals surface area contributed by atoms with Gasteiger partial charge in [-0.05, 0) is 33.9 Å². The summed E-state index contributed by atoms with van der Waals surface area (Å²) in [7, 11) is 4.30. The van der Waals surface area contributed by atoms with Gasteiger partial charge in [0.15, 0.2) is 0 Å². The first-order valence-electron chi connectivity index (χ1n) is 4.17. The fourth-order valence-corrected chi connectivity index (χ4v) is 1.49. The van der Waals surface area contributed by atoms with Gasteiger partial charge in [-0.25, -0.2) is 0 Å². The number of rotatable bonds is 0. The van der Waals surface area contributed by atoms with Crippen LogP contribution < -0.4 is 0 Å². The fraction of sp³-hybridized carbons (Fsp3) is 0.778. The van der Waals surface area contributed by atoms with Gasteiger partial charge in [0, 0.05) is 18.8 Å². The van der Waals surface area contributed by atoms with Gasteiger partial charge in [0.05, 0.1) is 6.17 Å². The Morgan fingerprint density at radius 1 is 1.27 bits per heavy atom. The Hall–Kier alpha value is -0.500. The molecule has 2 heteroatoms. The summed E-state index contributed by atoms with van der Waals surface area (Å²) in [5, 5.41) is 0. The quantitative estimate of drug-likeness (QED) is 0.522. The van der Waals surface area contributed by atoms with Crippen LogP contribution in [0.3, 0.4) is 0 Å². The van der Waals surface area contributed by atoms with Gasteiger partial charge in [-0.15, -0.1) is 0 Å². The normalized spacial score (nSPS) is 33.9. The number of likely N-dealkylation sites (N-methyl/N-ethyl adjacent to an activating group) is 1. The molecule has 0 amide bonds. The van der Waals surface area contributed by atoms with Crippen molar-refractivity contribution in [2.24, 2.45) is 0 Å². The average molecular weight is 154 g/mol. The van der Waals surface area contributed by atoms with E-state index in [2.05, 4.69) is 50.7 Å². The van der Waals surface area contributed by atoms with Crippen LogP contribution in [0.15, 0.2) is 11.8 Å². The number of allylic oxidation sites excluding steroid dienone is 1.